The lowest BCUT2D eigenvalue weighted by atomic mass is 10.1. The molecule has 0 heterocycles. The molecule has 1 fully saturated rings. The molecule has 1 rings (SSSR count). The minimum absolute atomic E-state index is 0.292. The summed E-state index contributed by atoms with van der Waals surface area (Å²) in [6.07, 6.45) is 0.584. The lowest BCUT2D eigenvalue weighted by molar-refractivity contribution is -0.421. The lowest BCUT2D eigenvalue weighted by Gasteiger charge is -2.31. The van der Waals surface area contributed by atoms with Crippen LogP contribution in [0.5, 0.6) is 0 Å². The second-order valence-electron chi connectivity index (χ2n) is 2.79. The summed E-state index contributed by atoms with van der Waals surface area (Å²) in [6.45, 7) is 0. The molecule has 76 valence electrons. The van der Waals surface area contributed by atoms with Crippen LogP contribution in [0.15, 0.2) is 0 Å². The van der Waals surface area contributed by atoms with Gasteiger partial charge < -0.3 is 0 Å². The maximum atomic E-state index is 12.5. The molecule has 0 atom stereocenters. The Morgan fingerprint density at radius 3 is 1.85 bits per heavy atom. The van der Waals surface area contributed by atoms with Crippen molar-refractivity contribution < 1.29 is 24.2 Å². The van der Waals surface area contributed by atoms with E-state index in [2.05, 4.69) is 0 Å². The van der Waals surface area contributed by atoms with E-state index in [4.69, 9.17) is 22.0 Å². The van der Waals surface area contributed by atoms with E-state index in [9.17, 15) is 13.8 Å². The van der Waals surface area contributed by atoms with Gasteiger partial charge in [-0.15, -0.1) is 8.96 Å². The number of carbonyl (C=O) groups is 1. The Bertz CT molecular complexity index is 208. The molecule has 5 nitrogen and oxygen atoms in total. The van der Waals surface area contributed by atoms with Crippen molar-refractivity contribution in [3.8, 4) is 0 Å². The van der Waals surface area contributed by atoms with Crippen LogP contribution in [0.1, 0.15) is 12.8 Å². The van der Waals surface area contributed by atoms with Crippen LogP contribution >= 0.6 is 11.6 Å². The van der Waals surface area contributed by atoms with Crippen molar-refractivity contribution in [1.82, 2.24) is 10.6 Å². The van der Waals surface area contributed by atoms with Gasteiger partial charge in [0.1, 0.15) is 0 Å². The quantitative estimate of drug-likeness (QED) is 0.318. The highest BCUT2D eigenvalue weighted by molar-refractivity contribution is 6.65. The highest BCUT2D eigenvalue weighted by atomic mass is 35.5. The summed E-state index contributed by atoms with van der Waals surface area (Å²) in [4.78, 5) is 10.7. The number of nitrogens with zero attached hydrogens (tertiary/aromatic N) is 2. The normalized spacial score (nSPS) is 18.4. The summed E-state index contributed by atoms with van der Waals surface area (Å²) in [5, 5.41) is 12.9. The van der Waals surface area contributed by atoms with Crippen LogP contribution in [-0.4, -0.2) is 31.9 Å². The van der Waals surface area contributed by atoms with E-state index in [1.165, 1.54) is 0 Å². The van der Waals surface area contributed by atoms with Crippen molar-refractivity contribution in [1.29, 1.82) is 0 Å². The summed E-state index contributed by atoms with van der Waals surface area (Å²) in [7, 11) is 0. The summed E-state index contributed by atoms with van der Waals surface area (Å²) in [5.74, 6) is -0.859. The number of carbonyl (C=O) groups excluding carboxylic acids is 1. The molecule has 13 heavy (non-hydrogen) atoms. The number of hydrogen-bond donors (Lipinski definition) is 2. The van der Waals surface area contributed by atoms with Gasteiger partial charge in [0.05, 0.1) is 0 Å². The van der Waals surface area contributed by atoms with Crippen LogP contribution in [0.4, 0.5) is 8.96 Å². The van der Waals surface area contributed by atoms with Gasteiger partial charge in [0.25, 0.3) is 10.9 Å². The first kappa shape index (κ1) is 10.7. The molecule has 0 saturated heterocycles. The summed E-state index contributed by atoms with van der Waals surface area (Å²) in [6, 6.07) is 0. The topological polar surface area (TPSA) is 64.0 Å². The fourth-order valence-electron chi connectivity index (χ4n) is 1.16. The first-order valence-corrected chi connectivity index (χ1v) is 3.81. The maximum absolute atomic E-state index is 12.5. The van der Waals surface area contributed by atoms with E-state index in [1.807, 2.05) is 0 Å². The van der Waals surface area contributed by atoms with Crippen molar-refractivity contribution in [3.63, 3.8) is 0 Å². The van der Waals surface area contributed by atoms with E-state index >= 15 is 0 Å². The van der Waals surface area contributed by atoms with Crippen LogP contribution in [0.25, 0.3) is 0 Å². The van der Waals surface area contributed by atoms with E-state index in [0.29, 0.717) is 12.8 Å². The van der Waals surface area contributed by atoms with Gasteiger partial charge in [-0.05, 0) is 24.4 Å². The molecule has 0 amide bonds. The van der Waals surface area contributed by atoms with Gasteiger partial charge in [0.15, 0.2) is 0 Å². The lowest BCUT2D eigenvalue weighted by Crippen LogP contribution is -2.58. The fraction of sp³-hybridized carbons (Fsp3) is 0.800. The number of hydroxylamine groups is 2. The molecule has 0 radical (unpaired) electrons. The molecule has 0 aliphatic heterocycles. The second-order valence-corrected chi connectivity index (χ2v) is 3.14. The van der Waals surface area contributed by atoms with Crippen molar-refractivity contribution in [2.45, 2.75) is 18.5 Å². The monoisotopic (exact) mass is 216 g/mol. The highest BCUT2D eigenvalue weighted by Gasteiger charge is 2.61. The van der Waals surface area contributed by atoms with Crippen molar-refractivity contribution >= 4 is 16.8 Å². The first-order chi connectivity index (χ1) is 5.94. The number of halogens is 3. The van der Waals surface area contributed by atoms with Gasteiger partial charge in [-0.25, -0.2) is 0 Å². The highest BCUT2D eigenvalue weighted by Crippen LogP contribution is 2.45. The molecular weight excluding hydrogens is 210 g/mol. The van der Waals surface area contributed by atoms with Gasteiger partial charge in [-0.3, -0.25) is 15.2 Å². The zero-order valence-corrected chi connectivity index (χ0v) is 7.08. The van der Waals surface area contributed by atoms with E-state index in [0.717, 1.165) is 0 Å². The molecule has 0 aromatic heterocycles. The minimum Gasteiger partial charge on any atom is -0.284 e. The predicted octanol–water partition coefficient (Wildman–Crippen LogP) is 1.01. The molecule has 2 N–H and O–H groups in total. The second kappa shape index (κ2) is 3.43. The van der Waals surface area contributed by atoms with Crippen LogP contribution in [0.3, 0.4) is 0 Å². The van der Waals surface area contributed by atoms with Crippen LogP contribution < -0.4 is 0 Å². The Kier molecular flexibility index (Phi) is 2.83. The molecule has 0 spiro atoms. The third kappa shape index (κ3) is 1.53. The molecule has 0 bridgehead atoms. The van der Waals surface area contributed by atoms with Gasteiger partial charge in [0.2, 0.25) is 0 Å². The molecular formula is C5H7ClF2N2O3. The van der Waals surface area contributed by atoms with E-state index in [1.54, 1.807) is 0 Å². The smallest absolute Gasteiger partial charge is 0.267 e. The number of rotatable bonds is 4. The van der Waals surface area contributed by atoms with Crippen LogP contribution in [0, 0.1) is 5.92 Å². The summed E-state index contributed by atoms with van der Waals surface area (Å²) >= 11 is 4.90. The number of hydrogen-bond acceptors (Lipinski definition) is 5. The van der Waals surface area contributed by atoms with Crippen LogP contribution in [-0.2, 0) is 4.79 Å². The van der Waals surface area contributed by atoms with E-state index in [-0.39, 0.29) is 0 Å². The Labute approximate surface area is 76.9 Å². The van der Waals surface area contributed by atoms with Crippen LogP contribution in [0.2, 0.25) is 0 Å². The van der Waals surface area contributed by atoms with E-state index < -0.39 is 27.4 Å². The molecule has 1 aliphatic rings. The molecule has 8 heteroatoms. The molecule has 0 unspecified atom stereocenters. The zero-order valence-electron chi connectivity index (χ0n) is 6.32. The minimum atomic E-state index is -2.82. The Morgan fingerprint density at radius 1 is 1.38 bits per heavy atom. The molecule has 1 aliphatic carbocycles. The predicted molar refractivity (Wildman–Crippen MR) is 35.8 cm³/mol. The average molecular weight is 217 g/mol. The third-order valence-electron chi connectivity index (χ3n) is 2.00. The molecule has 0 aromatic rings. The maximum Gasteiger partial charge on any atom is 0.267 e. The van der Waals surface area contributed by atoms with Gasteiger partial charge in [0, 0.05) is 16.5 Å². The van der Waals surface area contributed by atoms with Crippen molar-refractivity contribution in [2.75, 3.05) is 0 Å². The fourth-order valence-corrected chi connectivity index (χ4v) is 1.45. The summed E-state index contributed by atoms with van der Waals surface area (Å²) < 4.78 is 24.9. The Balaban J connectivity index is 2.99. The third-order valence-corrected chi connectivity index (χ3v) is 2.28. The standard InChI is InChI=1S/C5H7ClF2N2O3/c6-4(11)5(9(7)12,10(8)13)3-1-2-3/h3,12-13H,1-2H2. The zero-order chi connectivity index (χ0) is 10.2. The SMILES string of the molecule is O=C(Cl)C(C1CC1)(N(O)F)N(O)F. The van der Waals surface area contributed by atoms with Crippen molar-refractivity contribution in [3.05, 3.63) is 0 Å². The molecule has 1 saturated carbocycles. The largest absolute Gasteiger partial charge is 0.284 e. The Morgan fingerprint density at radius 2 is 1.77 bits per heavy atom. The van der Waals surface area contributed by atoms with Gasteiger partial charge in [-0.1, -0.05) is 0 Å². The molecule has 0 aromatic carbocycles. The van der Waals surface area contributed by atoms with Gasteiger partial charge in [-0.2, -0.15) is 0 Å². The van der Waals surface area contributed by atoms with Crippen molar-refractivity contribution in [2.24, 2.45) is 5.92 Å². The first-order valence-electron chi connectivity index (χ1n) is 3.43. The summed E-state index contributed by atoms with van der Waals surface area (Å²) in [5.41, 5.74) is -2.82. The average Bonchev–Trinajstić information content (AvgIpc) is 2.69. The van der Waals surface area contributed by atoms with Gasteiger partial charge >= 0.3 is 0 Å². The Hall–Kier alpha value is -0.340.